The maximum atomic E-state index is 12.0. The van der Waals surface area contributed by atoms with Crippen LogP contribution in [0.1, 0.15) is 73.4 Å². The van der Waals surface area contributed by atoms with Crippen molar-refractivity contribution < 1.29 is 62.0 Å². The van der Waals surface area contributed by atoms with Gasteiger partial charge in [-0.25, -0.2) is 19.4 Å². The number of nitrogens with one attached hydrogen (secondary N) is 6. The van der Waals surface area contributed by atoms with Crippen LogP contribution in [0.4, 0.5) is 11.4 Å². The summed E-state index contributed by atoms with van der Waals surface area (Å²) in [7, 11) is 7.14. The van der Waals surface area contributed by atoms with Crippen molar-refractivity contribution in [2.24, 2.45) is 5.73 Å². The van der Waals surface area contributed by atoms with Crippen LogP contribution in [0.3, 0.4) is 0 Å². The Hall–Kier alpha value is -12.6. The highest BCUT2D eigenvalue weighted by Crippen LogP contribution is 2.35. The number of ether oxygens (including phenoxy) is 5. The van der Waals surface area contributed by atoms with Crippen molar-refractivity contribution in [2.75, 3.05) is 79.3 Å². The van der Waals surface area contributed by atoms with Crippen LogP contribution in [0.2, 0.25) is 5.15 Å². The number of anilines is 2. The number of hydrogen-bond acceptors (Lipinski definition) is 19. The number of nitrogen functional groups attached to an aromatic ring is 1. The largest absolute Gasteiger partial charge is 0.495 e. The fourth-order valence-corrected chi connectivity index (χ4v) is 14.2. The van der Waals surface area contributed by atoms with Gasteiger partial charge in [0.15, 0.2) is 0 Å². The summed E-state index contributed by atoms with van der Waals surface area (Å²) in [5.74, 6) is -0.378. The van der Waals surface area contributed by atoms with Crippen molar-refractivity contribution in [3.63, 3.8) is 0 Å². The molecule has 16 rings (SSSR count). The SMILES string of the molecule is C=CC(=O)Nc1cc(-c2cc(-c3cc4n(c3)CCNC4=O)ccn2)ccc1OC.COC(=O)c1cc(Br)c[nH]1.COC(=O)c1cc(Br)cn1CC#N.COC(=O)c1cc(Br)cn1CCN.COc1ccc(-c2cc(-c3cc4n(c3)CCNC4=O)ccn2)cc1N.O=C1NCCn2cc(-c3ccnc(Cl)c3)cc21.O=C1NCCn2cc(Br)cc21. The van der Waals surface area contributed by atoms with E-state index in [1.807, 2.05) is 134 Å². The minimum absolute atomic E-state index is 0.0157. The normalized spacial score (nSPS) is 12.4. The van der Waals surface area contributed by atoms with Gasteiger partial charge in [0.1, 0.15) is 63.1 Å². The average Bonchev–Trinajstić information content (AvgIpc) is 1.65. The zero-order valence-electron chi connectivity index (χ0n) is 64.1. The first-order valence-electron chi connectivity index (χ1n) is 35.9. The number of carbonyl (C=O) groups excluding carboxylic acids is 8. The number of aromatic nitrogens is 10. The summed E-state index contributed by atoms with van der Waals surface area (Å²) < 4.78 is 38.7. The fourth-order valence-electron chi connectivity index (χ4n) is 12.3. The molecule has 610 valence electrons. The van der Waals surface area contributed by atoms with Gasteiger partial charge in [-0.15, -0.1) is 0 Å². The number of benzene rings is 2. The maximum Gasteiger partial charge on any atom is 0.354 e. The summed E-state index contributed by atoms with van der Waals surface area (Å²) in [6.45, 7) is 10.6. The van der Waals surface area contributed by atoms with Gasteiger partial charge in [0.25, 0.3) is 23.6 Å². The molecule has 31 nitrogen and oxygen atoms in total. The number of pyridine rings is 3. The van der Waals surface area contributed by atoms with Gasteiger partial charge >= 0.3 is 17.9 Å². The van der Waals surface area contributed by atoms with Crippen molar-refractivity contribution >= 4 is 134 Å². The van der Waals surface area contributed by atoms with Gasteiger partial charge in [0.05, 0.1) is 64.4 Å². The minimum Gasteiger partial charge on any atom is -0.495 e. The monoisotopic (exact) mass is 1870 g/mol. The number of methoxy groups -OCH3 is 5. The van der Waals surface area contributed by atoms with Gasteiger partial charge in [-0.3, -0.25) is 33.9 Å². The third-order valence-electron chi connectivity index (χ3n) is 17.9. The van der Waals surface area contributed by atoms with E-state index in [2.05, 4.69) is 131 Å². The number of halogens is 5. The Morgan fingerprint density at radius 3 is 1.36 bits per heavy atom. The van der Waals surface area contributed by atoms with E-state index in [1.54, 1.807) is 86.3 Å². The van der Waals surface area contributed by atoms with E-state index in [0.717, 1.165) is 112 Å². The van der Waals surface area contributed by atoms with Crippen LogP contribution in [0.15, 0.2) is 208 Å². The quantitative estimate of drug-likeness (QED) is 0.0155. The van der Waals surface area contributed by atoms with Gasteiger partial charge in [-0.1, -0.05) is 18.2 Å². The molecule has 2 aromatic carbocycles. The number of nitriles is 1. The molecular weight excluding hydrogens is 1800 g/mol. The van der Waals surface area contributed by atoms with E-state index in [-0.39, 0.29) is 48.0 Å². The molecule has 10 aromatic heterocycles. The topological polar surface area (TPSA) is 403 Å². The fraction of sp³-hybridized carbons (Fsp3) is 0.195. The molecule has 5 amide bonds. The standard InChI is InChI=1S/C22H20N4O3.C19H18N4O2.C12H10ClN3O.C8H11BrN2O2.C8H7BrN2O2.C7H7BrN2O.C6H6BrNO2/c1-3-21(27)25-18-11-15(4-5-20(18)29-2)17-10-14(6-7-23-17)16-12-19-22(28)24-8-9-26(19)13-16;1-25-18-3-2-13(8-15(18)20)16-9-12(4-5-21-16)14-10-17-19(24)22-6-7-23(17)11-14;13-11-6-8(1-2-14-11)9-5-10-12(17)15-3-4-16(10)7-9;2*1-13-8(12)7-4-6(9)5-11(7)3-2-10;8-5-3-6-7(11)9-1-2-10(6)4-5;1-10-6(9)5-2-4(7)3-8-5/h3-7,10-13H,1,8-9H2,2H3,(H,24,28)(H,25,27);2-5,8-11H,6-7,20H2,1H3,(H,22,24);1-2,5-7H,3-4H2,(H,15,17);4-5H,2-3,10H2,1H3;4-5H,3H2,1H3;3-4H,1-2H2,(H,9,11);2-3,8H,1H3. The number of nitrogens with zero attached hydrogens (tertiary/aromatic N) is 10. The Balaban J connectivity index is 0.000000150. The highest BCUT2D eigenvalue weighted by Gasteiger charge is 2.24. The number of esters is 3. The summed E-state index contributed by atoms with van der Waals surface area (Å²) in [6, 6.07) is 37.0. The van der Waals surface area contributed by atoms with Crippen LogP contribution in [0.25, 0.3) is 55.9 Å². The van der Waals surface area contributed by atoms with E-state index in [1.165, 1.54) is 32.0 Å². The first-order valence-corrected chi connectivity index (χ1v) is 39.5. The number of carbonyl (C=O) groups is 8. The third kappa shape index (κ3) is 22.7. The molecular formula is C82H79Br4ClN18O13. The average molecular weight is 1880 g/mol. The number of fused-ring (bicyclic) bond motifs is 4. The number of aromatic amines is 1. The molecule has 0 atom stereocenters. The summed E-state index contributed by atoms with van der Waals surface area (Å²) in [5.41, 5.74) is 25.8. The summed E-state index contributed by atoms with van der Waals surface area (Å²) >= 11 is 18.9. The minimum atomic E-state index is -0.444. The van der Waals surface area contributed by atoms with Crippen LogP contribution in [0.5, 0.6) is 11.5 Å². The van der Waals surface area contributed by atoms with Crippen molar-refractivity contribution in [3.05, 3.63) is 253 Å². The molecule has 12 aromatic rings. The zero-order valence-corrected chi connectivity index (χ0v) is 71.2. The Morgan fingerprint density at radius 1 is 0.517 bits per heavy atom. The molecule has 4 aliphatic heterocycles. The molecule has 0 bridgehead atoms. The highest BCUT2D eigenvalue weighted by atomic mass is 79.9. The Kier molecular flexibility index (Phi) is 31.1. The lowest BCUT2D eigenvalue weighted by molar-refractivity contribution is -0.111. The Morgan fingerprint density at radius 2 is 0.949 bits per heavy atom. The van der Waals surface area contributed by atoms with E-state index in [9.17, 15) is 38.4 Å². The lowest BCUT2D eigenvalue weighted by Gasteiger charge is -2.14. The third-order valence-corrected chi connectivity index (χ3v) is 19.9. The number of H-pyrrole nitrogens is 1. The van der Waals surface area contributed by atoms with Gasteiger partial charge in [-0.2, -0.15) is 5.26 Å². The molecule has 0 saturated carbocycles. The molecule has 0 saturated heterocycles. The van der Waals surface area contributed by atoms with E-state index < -0.39 is 5.97 Å². The highest BCUT2D eigenvalue weighted by molar-refractivity contribution is 9.11. The first kappa shape index (κ1) is 87.8. The number of hydrogen-bond donors (Lipinski definition) is 8. The van der Waals surface area contributed by atoms with Gasteiger partial charge in [0.2, 0.25) is 5.91 Å². The van der Waals surface area contributed by atoms with Crippen LogP contribution in [-0.2, 0) is 58.3 Å². The molecule has 0 unspecified atom stereocenters. The van der Waals surface area contributed by atoms with Crippen molar-refractivity contribution in [2.45, 2.75) is 39.3 Å². The molecule has 118 heavy (non-hydrogen) atoms. The molecule has 14 heterocycles. The first-order chi connectivity index (χ1) is 56.9. The van der Waals surface area contributed by atoms with Crippen molar-refractivity contribution in [3.8, 4) is 73.5 Å². The molecule has 4 aliphatic rings. The van der Waals surface area contributed by atoms with E-state index >= 15 is 0 Å². The number of amides is 5. The van der Waals surface area contributed by atoms with Gasteiger partial charge < -0.3 is 94.1 Å². The van der Waals surface area contributed by atoms with Crippen LogP contribution in [-0.4, -0.2) is 163 Å². The lowest BCUT2D eigenvalue weighted by Crippen LogP contribution is -2.34. The second-order valence-electron chi connectivity index (χ2n) is 25.5. The maximum absolute atomic E-state index is 12.0. The predicted octanol–water partition coefficient (Wildman–Crippen LogP) is 12.7. The number of nitrogens with two attached hydrogens (primary N) is 2. The smallest absolute Gasteiger partial charge is 0.354 e. The summed E-state index contributed by atoms with van der Waals surface area (Å²) in [6.07, 6.45) is 19.4. The van der Waals surface area contributed by atoms with Crippen LogP contribution >= 0.6 is 75.3 Å². The van der Waals surface area contributed by atoms with Crippen molar-refractivity contribution in [1.29, 1.82) is 5.26 Å². The Labute approximate surface area is 715 Å². The number of rotatable bonds is 15. The molecule has 36 heteroatoms. The second-order valence-corrected chi connectivity index (χ2v) is 29.6. The van der Waals surface area contributed by atoms with E-state index in [4.69, 9.17) is 37.8 Å². The summed E-state index contributed by atoms with van der Waals surface area (Å²) in [5, 5.41) is 23.0. The molecule has 0 radical (unpaired) electrons. The molecule has 10 N–H and O–H groups in total. The molecule has 0 aliphatic carbocycles. The van der Waals surface area contributed by atoms with E-state index in [0.29, 0.717) is 94.9 Å². The predicted molar refractivity (Wildman–Crippen MR) is 458 cm³/mol. The van der Waals surface area contributed by atoms with Crippen LogP contribution in [0, 0.1) is 11.3 Å². The zero-order chi connectivity index (χ0) is 84.7. The second kappa shape index (κ2) is 41.8. The molecule has 0 fully saturated rings. The van der Waals surface area contributed by atoms with Gasteiger partial charge in [0, 0.05) is 173 Å². The Bertz CT molecular complexity index is 5730. The van der Waals surface area contributed by atoms with Crippen LogP contribution < -0.4 is 47.5 Å². The van der Waals surface area contributed by atoms with Gasteiger partial charge in [-0.05, 0) is 202 Å². The summed E-state index contributed by atoms with van der Waals surface area (Å²) in [4.78, 5) is 107. The molecule has 0 spiro atoms. The van der Waals surface area contributed by atoms with Crippen molar-refractivity contribution in [1.82, 2.24) is 68.6 Å². The lowest BCUT2D eigenvalue weighted by atomic mass is 10.0.